The predicted octanol–water partition coefficient (Wildman–Crippen LogP) is 3.66. The average Bonchev–Trinajstić information content (AvgIpc) is 2.37. The van der Waals surface area contributed by atoms with Crippen LogP contribution in [0.5, 0.6) is 11.6 Å². The van der Waals surface area contributed by atoms with Crippen molar-refractivity contribution >= 4 is 0 Å². The molecule has 0 unspecified atom stereocenters. The highest BCUT2D eigenvalue weighted by molar-refractivity contribution is 5.35. The number of hydrogen-bond donors (Lipinski definition) is 1. The standard InChI is InChI=1S/C14H13F3N2O/c1-9-3-2-4-11(7-9)20-13-10(8-18)5-6-12(19-13)14(15,16)17/h2-7H,8,18H2,1H3. The molecule has 1 aromatic carbocycles. The van der Waals surface area contributed by atoms with Crippen molar-refractivity contribution in [2.45, 2.75) is 19.6 Å². The normalized spacial score (nSPS) is 11.4. The maximum Gasteiger partial charge on any atom is 0.433 e. The molecule has 0 spiro atoms. The quantitative estimate of drug-likeness (QED) is 0.934. The molecule has 1 aromatic heterocycles. The second-order valence-corrected chi connectivity index (χ2v) is 4.28. The number of nitrogens with two attached hydrogens (primary N) is 1. The van der Waals surface area contributed by atoms with Crippen molar-refractivity contribution in [2.24, 2.45) is 5.73 Å². The van der Waals surface area contributed by atoms with Crippen LogP contribution in [-0.2, 0) is 12.7 Å². The van der Waals surface area contributed by atoms with Gasteiger partial charge >= 0.3 is 6.18 Å². The van der Waals surface area contributed by atoms with Gasteiger partial charge in [-0.2, -0.15) is 13.2 Å². The van der Waals surface area contributed by atoms with Crippen LogP contribution < -0.4 is 10.5 Å². The summed E-state index contributed by atoms with van der Waals surface area (Å²) in [5.74, 6) is 0.305. The predicted molar refractivity (Wildman–Crippen MR) is 68.4 cm³/mol. The number of aryl methyl sites for hydroxylation is 1. The molecule has 2 rings (SSSR count). The maximum atomic E-state index is 12.7. The van der Waals surface area contributed by atoms with Gasteiger partial charge in [0, 0.05) is 12.1 Å². The first-order chi connectivity index (χ1) is 9.40. The van der Waals surface area contributed by atoms with Gasteiger partial charge in [0.25, 0.3) is 0 Å². The fourth-order valence-corrected chi connectivity index (χ4v) is 1.66. The molecule has 1 heterocycles. The largest absolute Gasteiger partial charge is 0.439 e. The molecule has 2 aromatic rings. The summed E-state index contributed by atoms with van der Waals surface area (Å²) in [5.41, 5.74) is 5.84. The zero-order valence-electron chi connectivity index (χ0n) is 10.7. The molecule has 0 aliphatic heterocycles. The number of aromatic nitrogens is 1. The van der Waals surface area contributed by atoms with Gasteiger partial charge < -0.3 is 10.5 Å². The Bertz CT molecular complexity index is 612. The number of halogens is 3. The van der Waals surface area contributed by atoms with Crippen molar-refractivity contribution < 1.29 is 17.9 Å². The van der Waals surface area contributed by atoms with Crippen LogP contribution >= 0.6 is 0 Å². The summed E-state index contributed by atoms with van der Waals surface area (Å²) < 4.78 is 43.4. The summed E-state index contributed by atoms with van der Waals surface area (Å²) >= 11 is 0. The highest BCUT2D eigenvalue weighted by atomic mass is 19.4. The average molecular weight is 282 g/mol. The van der Waals surface area contributed by atoms with Crippen LogP contribution in [-0.4, -0.2) is 4.98 Å². The molecule has 20 heavy (non-hydrogen) atoms. The van der Waals surface area contributed by atoms with E-state index in [0.717, 1.165) is 11.6 Å². The first kappa shape index (κ1) is 14.3. The van der Waals surface area contributed by atoms with Gasteiger partial charge in [-0.25, -0.2) is 4.98 Å². The van der Waals surface area contributed by atoms with Crippen LogP contribution in [0.25, 0.3) is 0 Å². The summed E-state index contributed by atoms with van der Waals surface area (Å²) in [5, 5.41) is 0. The van der Waals surface area contributed by atoms with E-state index in [2.05, 4.69) is 4.98 Å². The van der Waals surface area contributed by atoms with Gasteiger partial charge in [0.15, 0.2) is 0 Å². The van der Waals surface area contributed by atoms with Gasteiger partial charge in [0.2, 0.25) is 5.88 Å². The molecule has 2 N–H and O–H groups in total. The third-order valence-corrected chi connectivity index (χ3v) is 2.65. The summed E-state index contributed by atoms with van der Waals surface area (Å²) in [6, 6.07) is 9.14. The van der Waals surface area contributed by atoms with Crippen LogP contribution in [0.15, 0.2) is 36.4 Å². The summed E-state index contributed by atoms with van der Waals surface area (Å²) in [7, 11) is 0. The lowest BCUT2D eigenvalue weighted by atomic mass is 10.2. The molecule has 106 valence electrons. The third kappa shape index (κ3) is 3.27. The molecule has 0 saturated carbocycles. The second-order valence-electron chi connectivity index (χ2n) is 4.28. The van der Waals surface area contributed by atoms with Gasteiger partial charge in [-0.05, 0) is 30.7 Å². The number of alkyl halides is 3. The van der Waals surface area contributed by atoms with E-state index >= 15 is 0 Å². The Balaban J connectivity index is 2.38. The van der Waals surface area contributed by atoms with Gasteiger partial charge in [-0.3, -0.25) is 0 Å². The molecule has 0 saturated heterocycles. The molecule has 0 fully saturated rings. The molecule has 0 bridgehead atoms. The van der Waals surface area contributed by atoms with Crippen molar-refractivity contribution in [2.75, 3.05) is 0 Å². The highest BCUT2D eigenvalue weighted by Gasteiger charge is 2.33. The van der Waals surface area contributed by atoms with Gasteiger partial charge in [0.05, 0.1) is 0 Å². The summed E-state index contributed by atoms with van der Waals surface area (Å²) in [4.78, 5) is 3.51. The first-order valence-electron chi connectivity index (χ1n) is 5.92. The second kappa shape index (κ2) is 5.50. The fraction of sp³-hybridized carbons (Fsp3) is 0.214. The Morgan fingerprint density at radius 1 is 1.20 bits per heavy atom. The molecule has 3 nitrogen and oxygen atoms in total. The Kier molecular flexibility index (Phi) is 3.94. The van der Waals surface area contributed by atoms with Crippen LogP contribution in [0.3, 0.4) is 0 Å². The van der Waals surface area contributed by atoms with E-state index in [4.69, 9.17) is 10.5 Å². The first-order valence-corrected chi connectivity index (χ1v) is 5.92. The zero-order valence-corrected chi connectivity index (χ0v) is 10.7. The van der Waals surface area contributed by atoms with E-state index in [1.165, 1.54) is 6.07 Å². The molecule has 0 radical (unpaired) electrons. The number of rotatable bonds is 3. The number of ether oxygens (including phenoxy) is 1. The van der Waals surface area contributed by atoms with Crippen LogP contribution in [0.2, 0.25) is 0 Å². The minimum absolute atomic E-state index is 0.0479. The lowest BCUT2D eigenvalue weighted by molar-refractivity contribution is -0.141. The van der Waals surface area contributed by atoms with Crippen molar-refractivity contribution in [3.05, 3.63) is 53.2 Å². The van der Waals surface area contributed by atoms with Crippen LogP contribution in [0.4, 0.5) is 13.2 Å². The van der Waals surface area contributed by atoms with Crippen molar-refractivity contribution in [1.82, 2.24) is 4.98 Å². The van der Waals surface area contributed by atoms with E-state index in [1.807, 2.05) is 13.0 Å². The lowest BCUT2D eigenvalue weighted by Crippen LogP contribution is -2.10. The molecule has 0 atom stereocenters. The third-order valence-electron chi connectivity index (χ3n) is 2.65. The van der Waals surface area contributed by atoms with Gasteiger partial charge in [-0.15, -0.1) is 0 Å². The highest BCUT2D eigenvalue weighted by Crippen LogP contribution is 2.31. The number of pyridine rings is 1. The molecular formula is C14H13F3N2O. The summed E-state index contributed by atoms with van der Waals surface area (Å²) in [6.45, 7) is 1.91. The van der Waals surface area contributed by atoms with E-state index < -0.39 is 11.9 Å². The fourth-order valence-electron chi connectivity index (χ4n) is 1.66. The van der Waals surface area contributed by atoms with E-state index in [1.54, 1.807) is 18.2 Å². The minimum atomic E-state index is -4.52. The Labute approximate surface area is 114 Å². The van der Waals surface area contributed by atoms with Gasteiger partial charge in [-0.1, -0.05) is 18.2 Å². The molecule has 0 amide bonds. The van der Waals surface area contributed by atoms with Crippen molar-refractivity contribution in [3.8, 4) is 11.6 Å². The molecule has 0 aliphatic carbocycles. The van der Waals surface area contributed by atoms with E-state index in [9.17, 15) is 13.2 Å². The SMILES string of the molecule is Cc1cccc(Oc2nc(C(F)(F)F)ccc2CN)c1. The van der Waals surface area contributed by atoms with Crippen LogP contribution in [0.1, 0.15) is 16.8 Å². The summed E-state index contributed by atoms with van der Waals surface area (Å²) in [6.07, 6.45) is -4.52. The molecule has 6 heteroatoms. The number of hydrogen-bond acceptors (Lipinski definition) is 3. The lowest BCUT2D eigenvalue weighted by Gasteiger charge is -2.12. The Morgan fingerprint density at radius 3 is 2.55 bits per heavy atom. The molecular weight excluding hydrogens is 269 g/mol. The van der Waals surface area contributed by atoms with E-state index in [-0.39, 0.29) is 12.4 Å². The Morgan fingerprint density at radius 2 is 1.95 bits per heavy atom. The van der Waals surface area contributed by atoms with Crippen LogP contribution in [0, 0.1) is 6.92 Å². The van der Waals surface area contributed by atoms with Crippen molar-refractivity contribution in [1.29, 1.82) is 0 Å². The Hall–Kier alpha value is -2.08. The zero-order chi connectivity index (χ0) is 14.8. The van der Waals surface area contributed by atoms with Gasteiger partial charge in [0.1, 0.15) is 11.4 Å². The minimum Gasteiger partial charge on any atom is -0.439 e. The van der Waals surface area contributed by atoms with Crippen molar-refractivity contribution in [3.63, 3.8) is 0 Å². The number of nitrogens with zero attached hydrogens (tertiary/aromatic N) is 1. The number of benzene rings is 1. The smallest absolute Gasteiger partial charge is 0.433 e. The monoisotopic (exact) mass is 282 g/mol. The van der Waals surface area contributed by atoms with E-state index in [0.29, 0.717) is 11.3 Å². The molecule has 0 aliphatic rings. The maximum absolute atomic E-state index is 12.7. The topological polar surface area (TPSA) is 48.1 Å².